The second kappa shape index (κ2) is 9.45. The van der Waals surface area contributed by atoms with Crippen molar-refractivity contribution in [2.45, 2.75) is 31.4 Å². The number of nitrogens with one attached hydrogen (secondary N) is 1. The van der Waals surface area contributed by atoms with Gasteiger partial charge >= 0.3 is 6.03 Å². The Morgan fingerprint density at radius 1 is 1.22 bits per heavy atom. The van der Waals surface area contributed by atoms with Crippen LogP contribution in [0.3, 0.4) is 0 Å². The lowest BCUT2D eigenvalue weighted by atomic mass is 10.0. The molecule has 11 heteroatoms. The molecule has 32 heavy (non-hydrogen) atoms. The van der Waals surface area contributed by atoms with Crippen LogP contribution in [0.5, 0.6) is 11.5 Å². The largest absolute Gasteiger partial charge is 0.454 e. The lowest BCUT2D eigenvalue weighted by molar-refractivity contribution is -0.385. The van der Waals surface area contributed by atoms with Crippen LogP contribution in [-0.4, -0.2) is 69.2 Å². The number of likely N-dealkylation sites (tertiary alicyclic amines) is 2. The van der Waals surface area contributed by atoms with Crippen LogP contribution in [0, 0.1) is 15.9 Å². The zero-order chi connectivity index (χ0) is 22.7. The summed E-state index contributed by atoms with van der Waals surface area (Å²) in [5, 5.41) is 23.2. The van der Waals surface area contributed by atoms with E-state index in [1.807, 2.05) is 0 Å². The number of hydrogen-bond donors (Lipinski definition) is 2. The molecule has 2 aliphatic rings. The summed E-state index contributed by atoms with van der Waals surface area (Å²) in [7, 11) is 0. The second-order valence-corrected chi connectivity index (χ2v) is 7.94. The third-order valence-corrected chi connectivity index (χ3v) is 5.78. The summed E-state index contributed by atoms with van der Waals surface area (Å²) in [6.45, 7) is 2.80. The average Bonchev–Trinajstić information content (AvgIpc) is 3.21. The number of nitro groups is 1. The molecule has 1 aromatic heterocycles. The maximum Gasteiger partial charge on any atom is 0.323 e. The average molecular weight is 445 g/mol. The van der Waals surface area contributed by atoms with Crippen molar-refractivity contribution in [2.24, 2.45) is 0 Å². The van der Waals surface area contributed by atoms with Crippen molar-refractivity contribution < 1.29 is 24.0 Å². The van der Waals surface area contributed by atoms with Crippen molar-refractivity contribution in [1.82, 2.24) is 14.8 Å². The number of aliphatic hydroxyl groups is 1. The summed E-state index contributed by atoms with van der Waals surface area (Å²) < 4.78 is 19.5. The minimum absolute atomic E-state index is 0.173. The molecule has 0 saturated carbocycles. The van der Waals surface area contributed by atoms with Crippen LogP contribution in [0.1, 0.15) is 19.3 Å². The molecule has 0 unspecified atom stereocenters. The van der Waals surface area contributed by atoms with Gasteiger partial charge in [0.2, 0.25) is 0 Å². The summed E-state index contributed by atoms with van der Waals surface area (Å²) in [6.07, 6.45) is 3.65. The van der Waals surface area contributed by atoms with E-state index in [2.05, 4.69) is 15.2 Å². The van der Waals surface area contributed by atoms with Gasteiger partial charge in [-0.1, -0.05) is 0 Å². The van der Waals surface area contributed by atoms with E-state index in [0.717, 1.165) is 37.9 Å². The van der Waals surface area contributed by atoms with E-state index in [4.69, 9.17) is 4.74 Å². The standard InChI is InChI=1S/C21H24FN5O5/c22-18-11-15(27(30)31)1-2-19(18)32-17-3-7-23-20(12-17)24-21(29)25-8-4-14(5-9-25)26-10-6-16(28)13-26/h1-3,7,11-12,14,16,28H,4-6,8-10,13H2,(H,23,24,29)/t16-/m1/s1. The molecule has 2 fully saturated rings. The minimum atomic E-state index is -0.866. The molecule has 10 nitrogen and oxygen atoms in total. The van der Waals surface area contributed by atoms with Crippen molar-refractivity contribution in [2.75, 3.05) is 31.5 Å². The van der Waals surface area contributed by atoms with Crippen LogP contribution in [0.15, 0.2) is 36.5 Å². The van der Waals surface area contributed by atoms with Gasteiger partial charge in [-0.05, 0) is 31.4 Å². The maximum absolute atomic E-state index is 14.1. The Morgan fingerprint density at radius 3 is 2.66 bits per heavy atom. The highest BCUT2D eigenvalue weighted by Gasteiger charge is 2.31. The van der Waals surface area contributed by atoms with E-state index < -0.39 is 10.7 Å². The molecule has 4 rings (SSSR count). The molecule has 170 valence electrons. The summed E-state index contributed by atoms with van der Waals surface area (Å²) in [6, 6.07) is 6.15. The number of aromatic nitrogens is 1. The minimum Gasteiger partial charge on any atom is -0.454 e. The normalized spacial score (nSPS) is 19.7. The Kier molecular flexibility index (Phi) is 6.47. The summed E-state index contributed by atoms with van der Waals surface area (Å²) in [5.41, 5.74) is -0.373. The molecule has 2 amide bonds. The number of carbonyl (C=O) groups is 1. The number of nitro benzene ring substituents is 1. The molecule has 1 atom stereocenters. The number of aliphatic hydroxyl groups excluding tert-OH is 1. The molecule has 2 aromatic rings. The fourth-order valence-corrected chi connectivity index (χ4v) is 4.08. The number of carbonyl (C=O) groups excluding carboxylic acids is 1. The van der Waals surface area contributed by atoms with Gasteiger partial charge < -0.3 is 14.7 Å². The van der Waals surface area contributed by atoms with Gasteiger partial charge in [0.25, 0.3) is 5.69 Å². The van der Waals surface area contributed by atoms with Gasteiger partial charge in [-0.15, -0.1) is 0 Å². The highest BCUT2D eigenvalue weighted by Crippen LogP contribution is 2.28. The number of piperidine rings is 1. The number of nitrogens with zero attached hydrogens (tertiary/aromatic N) is 4. The fourth-order valence-electron chi connectivity index (χ4n) is 4.08. The van der Waals surface area contributed by atoms with Crippen molar-refractivity contribution >= 4 is 17.5 Å². The van der Waals surface area contributed by atoms with Gasteiger partial charge in [-0.25, -0.2) is 14.2 Å². The molecule has 2 aliphatic heterocycles. The van der Waals surface area contributed by atoms with Crippen molar-refractivity contribution in [1.29, 1.82) is 0 Å². The first-order valence-electron chi connectivity index (χ1n) is 10.4. The highest BCUT2D eigenvalue weighted by molar-refractivity contribution is 5.88. The molecular weight excluding hydrogens is 421 g/mol. The van der Waals surface area contributed by atoms with E-state index in [0.29, 0.717) is 25.7 Å². The maximum atomic E-state index is 14.1. The summed E-state index contributed by atoms with van der Waals surface area (Å²) >= 11 is 0. The number of pyridine rings is 1. The Morgan fingerprint density at radius 2 is 2.00 bits per heavy atom. The number of urea groups is 1. The van der Waals surface area contributed by atoms with Gasteiger partial charge in [0.15, 0.2) is 11.6 Å². The Bertz CT molecular complexity index is 998. The Labute approximate surface area is 183 Å². The van der Waals surface area contributed by atoms with Gasteiger partial charge in [0.05, 0.1) is 17.1 Å². The third kappa shape index (κ3) is 5.11. The smallest absolute Gasteiger partial charge is 0.323 e. The van der Waals surface area contributed by atoms with E-state index >= 15 is 0 Å². The lowest BCUT2D eigenvalue weighted by Crippen LogP contribution is -2.47. The predicted molar refractivity (Wildman–Crippen MR) is 113 cm³/mol. The molecule has 2 saturated heterocycles. The van der Waals surface area contributed by atoms with Crippen molar-refractivity contribution in [3.8, 4) is 11.5 Å². The quantitative estimate of drug-likeness (QED) is 0.536. The van der Waals surface area contributed by atoms with E-state index in [9.17, 15) is 24.4 Å². The molecule has 0 bridgehead atoms. The monoisotopic (exact) mass is 445 g/mol. The SMILES string of the molecule is O=C(Nc1cc(Oc2ccc([N+](=O)[O-])cc2F)ccn1)N1CCC(N2CC[C@@H](O)C2)CC1. The first-order chi connectivity index (χ1) is 15.4. The van der Waals surface area contributed by atoms with Crippen LogP contribution >= 0.6 is 0 Å². The van der Waals surface area contributed by atoms with E-state index in [1.54, 1.807) is 4.90 Å². The molecule has 0 radical (unpaired) electrons. The van der Waals surface area contributed by atoms with Crippen LogP contribution in [0.4, 0.5) is 20.7 Å². The number of ether oxygens (including phenoxy) is 1. The van der Waals surface area contributed by atoms with Crippen LogP contribution in [0.25, 0.3) is 0 Å². The van der Waals surface area contributed by atoms with Crippen molar-refractivity contribution in [3.63, 3.8) is 0 Å². The van der Waals surface area contributed by atoms with Crippen LogP contribution in [0.2, 0.25) is 0 Å². The van der Waals surface area contributed by atoms with Crippen LogP contribution in [-0.2, 0) is 0 Å². The molecule has 3 heterocycles. The van der Waals surface area contributed by atoms with Gasteiger partial charge in [-0.3, -0.25) is 20.3 Å². The number of hydrogen-bond acceptors (Lipinski definition) is 7. The number of anilines is 1. The first-order valence-corrected chi connectivity index (χ1v) is 10.4. The van der Waals surface area contributed by atoms with E-state index in [-0.39, 0.29) is 35.1 Å². The molecule has 0 spiro atoms. The number of halogens is 1. The van der Waals surface area contributed by atoms with Gasteiger partial charge in [-0.2, -0.15) is 0 Å². The number of benzene rings is 1. The lowest BCUT2D eigenvalue weighted by Gasteiger charge is -2.36. The zero-order valence-electron chi connectivity index (χ0n) is 17.3. The number of rotatable bonds is 5. The Hall–Kier alpha value is -3.31. The summed E-state index contributed by atoms with van der Waals surface area (Å²) in [5.74, 6) is -0.558. The van der Waals surface area contributed by atoms with E-state index in [1.165, 1.54) is 24.4 Å². The molecule has 0 aliphatic carbocycles. The number of non-ortho nitro benzene ring substituents is 1. The van der Waals surface area contributed by atoms with Crippen molar-refractivity contribution in [3.05, 3.63) is 52.5 Å². The highest BCUT2D eigenvalue weighted by atomic mass is 19.1. The molecule has 2 N–H and O–H groups in total. The molecular formula is C21H24FN5O5. The fraction of sp³-hybridized carbons (Fsp3) is 0.429. The Balaban J connectivity index is 1.33. The topological polar surface area (TPSA) is 121 Å². The number of β-amino-alcohol motifs (C(OH)–C–C–N with tert-alkyl or cyclic N) is 1. The summed E-state index contributed by atoms with van der Waals surface area (Å²) in [4.78, 5) is 30.8. The van der Waals surface area contributed by atoms with Gasteiger partial charge in [0.1, 0.15) is 11.6 Å². The molecule has 1 aromatic carbocycles. The van der Waals surface area contributed by atoms with Gasteiger partial charge in [0, 0.05) is 50.6 Å². The first kappa shape index (κ1) is 21.9. The number of amides is 2. The third-order valence-electron chi connectivity index (χ3n) is 5.78. The van der Waals surface area contributed by atoms with Crippen LogP contribution < -0.4 is 10.1 Å². The predicted octanol–water partition coefficient (Wildman–Crippen LogP) is 2.98. The zero-order valence-corrected chi connectivity index (χ0v) is 17.3. The second-order valence-electron chi connectivity index (χ2n) is 7.94.